The summed E-state index contributed by atoms with van der Waals surface area (Å²) in [6, 6.07) is 1.34. The van der Waals surface area contributed by atoms with Crippen molar-refractivity contribution in [1.82, 2.24) is 4.90 Å². The maximum absolute atomic E-state index is 2.08. The summed E-state index contributed by atoms with van der Waals surface area (Å²) < 4.78 is 0. The van der Waals surface area contributed by atoms with Crippen molar-refractivity contribution in [3.05, 3.63) is 6.04 Å². The fraction of sp³-hybridized carbons (Fsp3) is 0.800. The van der Waals surface area contributed by atoms with Gasteiger partial charge in [-0.15, -0.1) is 0 Å². The number of hydrogen-bond donors (Lipinski definition) is 0. The van der Waals surface area contributed by atoms with Crippen molar-refractivity contribution < 1.29 is 32.7 Å². The summed E-state index contributed by atoms with van der Waals surface area (Å²) in [5, 5.41) is 0. The van der Waals surface area contributed by atoms with Crippen LogP contribution in [-0.2, 0) is 32.7 Å². The van der Waals surface area contributed by atoms with Gasteiger partial charge in [0, 0.05) is 0 Å². The van der Waals surface area contributed by atoms with E-state index in [9.17, 15) is 0 Å². The monoisotopic (exact) mass is 175 g/mol. The molecule has 0 fully saturated rings. The van der Waals surface area contributed by atoms with Crippen LogP contribution in [0.3, 0.4) is 0 Å². The molecule has 0 amide bonds. The molecule has 0 rings (SSSR count). The second-order valence-corrected chi connectivity index (χ2v) is 1.84. The molecule has 0 heterocycles. The van der Waals surface area contributed by atoms with Crippen LogP contribution in [-0.4, -0.2) is 19.0 Å². The Morgan fingerprint density at radius 1 is 1.14 bits per heavy atom. The Labute approximate surface area is 71.3 Å². The van der Waals surface area contributed by atoms with Crippen molar-refractivity contribution >= 4 is 0 Å². The minimum absolute atomic E-state index is 0. The molecule has 0 radical (unpaired) electrons. The van der Waals surface area contributed by atoms with Gasteiger partial charge >= 0.3 is 32.7 Å². The van der Waals surface area contributed by atoms with E-state index in [4.69, 9.17) is 0 Å². The largest absolute Gasteiger partial charge is 3.00 e. The number of hydrogen-bond acceptors (Lipinski definition) is 1. The summed E-state index contributed by atoms with van der Waals surface area (Å²) in [4.78, 5) is 2.08. The molecule has 0 aliphatic rings. The van der Waals surface area contributed by atoms with Gasteiger partial charge in [-0.2, -0.15) is 13.8 Å². The first-order valence-electron chi connectivity index (χ1n) is 2.12. The normalized spacial score (nSPS) is 9.43. The van der Waals surface area contributed by atoms with Crippen LogP contribution in [0.2, 0.25) is 0 Å². The van der Waals surface area contributed by atoms with E-state index in [0.717, 1.165) is 0 Å². The molecule has 0 aromatic carbocycles. The molecular formula is C5H12NY+2. The molecule has 0 N–H and O–H groups in total. The van der Waals surface area contributed by atoms with Crippen LogP contribution in [0.4, 0.5) is 0 Å². The fourth-order valence-electron chi connectivity index (χ4n) is 0. The molecule has 0 atom stereocenters. The van der Waals surface area contributed by atoms with Crippen LogP contribution in [0.5, 0.6) is 0 Å². The molecule has 0 saturated heterocycles. The topological polar surface area (TPSA) is 3.24 Å². The van der Waals surface area contributed by atoms with Gasteiger partial charge in [0.25, 0.3) is 0 Å². The maximum atomic E-state index is 2.08. The van der Waals surface area contributed by atoms with Crippen LogP contribution >= 0.6 is 0 Å². The average molecular weight is 175 g/mol. The molecule has 0 bridgehead atoms. The van der Waals surface area contributed by atoms with E-state index < -0.39 is 0 Å². The molecule has 0 spiro atoms. The van der Waals surface area contributed by atoms with Crippen molar-refractivity contribution in [3.8, 4) is 0 Å². The smallest absolute Gasteiger partial charge is 0.459 e. The third kappa shape index (κ3) is 7.06. The summed E-state index contributed by atoms with van der Waals surface area (Å²) in [6.07, 6.45) is 0. The summed E-state index contributed by atoms with van der Waals surface area (Å²) >= 11 is 0. The van der Waals surface area contributed by atoms with Crippen molar-refractivity contribution in [2.45, 2.75) is 13.8 Å². The standard InChI is InChI=1S/C5H12N.Y/c1-5(2)6(3)4;/h1-4H3;/q-1;+3. The molecule has 38 valence electrons. The van der Waals surface area contributed by atoms with Crippen LogP contribution in [0, 0.1) is 6.04 Å². The summed E-state index contributed by atoms with van der Waals surface area (Å²) in [5.74, 6) is 0. The molecule has 0 aliphatic heterocycles. The van der Waals surface area contributed by atoms with E-state index in [1.807, 2.05) is 14.1 Å². The van der Waals surface area contributed by atoms with Gasteiger partial charge in [0.05, 0.1) is 0 Å². The zero-order chi connectivity index (χ0) is 5.15. The van der Waals surface area contributed by atoms with E-state index in [1.54, 1.807) is 0 Å². The zero-order valence-corrected chi connectivity index (χ0v) is 8.36. The quantitative estimate of drug-likeness (QED) is 0.539. The van der Waals surface area contributed by atoms with Crippen LogP contribution < -0.4 is 0 Å². The van der Waals surface area contributed by atoms with E-state index in [0.29, 0.717) is 0 Å². The third-order valence-corrected chi connectivity index (χ3v) is 0.894. The summed E-state index contributed by atoms with van der Waals surface area (Å²) in [5.41, 5.74) is 0. The Balaban J connectivity index is 0. The second kappa shape index (κ2) is 5.21. The minimum atomic E-state index is 0. The molecule has 0 unspecified atom stereocenters. The van der Waals surface area contributed by atoms with Gasteiger partial charge in [-0.1, -0.05) is 0 Å². The van der Waals surface area contributed by atoms with Gasteiger partial charge in [-0.25, -0.2) is 0 Å². The first-order chi connectivity index (χ1) is 2.64. The Hall–Kier alpha value is 1.06. The van der Waals surface area contributed by atoms with Gasteiger partial charge in [-0.3, -0.25) is 6.04 Å². The summed E-state index contributed by atoms with van der Waals surface area (Å²) in [7, 11) is 4.07. The van der Waals surface area contributed by atoms with Gasteiger partial charge in [-0.05, 0) is 14.1 Å². The Kier molecular flexibility index (Phi) is 8.14. The SMILES string of the molecule is C[C-](C)N(C)C.[Y+3]. The van der Waals surface area contributed by atoms with E-state index in [-0.39, 0.29) is 32.7 Å². The predicted molar refractivity (Wildman–Crippen MR) is 28.3 cm³/mol. The van der Waals surface area contributed by atoms with Gasteiger partial charge in [0.15, 0.2) is 0 Å². The zero-order valence-electron chi connectivity index (χ0n) is 5.52. The predicted octanol–water partition coefficient (Wildman–Crippen LogP) is 1.12. The Morgan fingerprint density at radius 2 is 1.29 bits per heavy atom. The van der Waals surface area contributed by atoms with E-state index in [1.165, 1.54) is 6.04 Å². The number of nitrogens with zero attached hydrogens (tertiary/aromatic N) is 1. The molecule has 0 aromatic heterocycles. The minimum Gasteiger partial charge on any atom is -0.459 e. The number of rotatable bonds is 1. The van der Waals surface area contributed by atoms with Gasteiger partial charge in [0.1, 0.15) is 0 Å². The molecule has 1 nitrogen and oxygen atoms in total. The molecular weight excluding hydrogens is 163 g/mol. The van der Waals surface area contributed by atoms with E-state index >= 15 is 0 Å². The van der Waals surface area contributed by atoms with Crippen molar-refractivity contribution in [2.24, 2.45) is 0 Å². The van der Waals surface area contributed by atoms with Gasteiger partial charge in [0.2, 0.25) is 0 Å². The molecule has 0 aliphatic carbocycles. The van der Waals surface area contributed by atoms with Crippen molar-refractivity contribution in [2.75, 3.05) is 14.1 Å². The van der Waals surface area contributed by atoms with Gasteiger partial charge < -0.3 is 4.90 Å². The first-order valence-corrected chi connectivity index (χ1v) is 2.12. The van der Waals surface area contributed by atoms with Crippen LogP contribution in [0.15, 0.2) is 0 Å². The Morgan fingerprint density at radius 3 is 1.29 bits per heavy atom. The third-order valence-electron chi connectivity index (χ3n) is 0.894. The second-order valence-electron chi connectivity index (χ2n) is 1.84. The summed E-state index contributed by atoms with van der Waals surface area (Å²) in [6.45, 7) is 4.17. The molecule has 2 heteroatoms. The maximum Gasteiger partial charge on any atom is 3.00 e. The molecule has 0 saturated carbocycles. The molecule has 7 heavy (non-hydrogen) atoms. The molecule has 0 aromatic rings. The van der Waals surface area contributed by atoms with E-state index in [2.05, 4.69) is 18.7 Å². The fourth-order valence-corrected chi connectivity index (χ4v) is 0. The van der Waals surface area contributed by atoms with Crippen molar-refractivity contribution in [1.29, 1.82) is 0 Å². The van der Waals surface area contributed by atoms with Crippen LogP contribution in [0.1, 0.15) is 13.8 Å². The Bertz CT molecular complexity index is 29.1. The van der Waals surface area contributed by atoms with Crippen molar-refractivity contribution in [3.63, 3.8) is 0 Å². The average Bonchev–Trinajstić information content (AvgIpc) is 1.36. The van der Waals surface area contributed by atoms with Crippen LogP contribution in [0.25, 0.3) is 0 Å². The first kappa shape index (κ1) is 10.9.